The molecule has 4 nitrogen and oxygen atoms in total. The number of ketones is 1. The van der Waals surface area contributed by atoms with E-state index in [0.29, 0.717) is 11.3 Å². The van der Waals surface area contributed by atoms with Crippen molar-refractivity contribution in [2.24, 2.45) is 0 Å². The highest BCUT2D eigenvalue weighted by molar-refractivity contribution is 9.10. The Hall–Kier alpha value is -2.18. The molecule has 2 aromatic carbocycles. The molecule has 4 rings (SSSR count). The van der Waals surface area contributed by atoms with Crippen LogP contribution in [0.2, 0.25) is 0 Å². The van der Waals surface area contributed by atoms with Crippen molar-refractivity contribution in [1.29, 1.82) is 0 Å². The van der Waals surface area contributed by atoms with E-state index in [1.54, 1.807) is 0 Å². The number of rotatable bonds is 4. The van der Waals surface area contributed by atoms with Crippen molar-refractivity contribution in [3.63, 3.8) is 0 Å². The number of Topliss-reactive ketones (excluding diaryl/α,β-unsaturated/α-hetero) is 1. The van der Waals surface area contributed by atoms with Crippen LogP contribution in [-0.2, 0) is 0 Å². The number of nitrogens with zero attached hydrogens (tertiary/aromatic N) is 3. The van der Waals surface area contributed by atoms with Crippen LogP contribution in [0.5, 0.6) is 0 Å². The molecule has 2 aromatic heterocycles. The van der Waals surface area contributed by atoms with E-state index in [0.717, 1.165) is 26.4 Å². The van der Waals surface area contributed by atoms with E-state index in [4.69, 9.17) is 0 Å². The Labute approximate surface area is 163 Å². The zero-order valence-corrected chi connectivity index (χ0v) is 16.8. The molecule has 0 N–H and O–H groups in total. The molecule has 0 spiro atoms. The third-order valence-electron chi connectivity index (χ3n) is 4.39. The largest absolute Gasteiger partial charge is 0.293 e. The summed E-state index contributed by atoms with van der Waals surface area (Å²) in [4.78, 5) is 12.5. The molecule has 130 valence electrons. The van der Waals surface area contributed by atoms with Gasteiger partial charge in [-0.15, -0.1) is 10.2 Å². The lowest BCUT2D eigenvalue weighted by atomic mass is 10.1. The van der Waals surface area contributed by atoms with E-state index >= 15 is 0 Å². The molecule has 0 saturated carbocycles. The number of aromatic nitrogens is 3. The summed E-state index contributed by atoms with van der Waals surface area (Å²) in [6, 6.07) is 15.7. The molecule has 0 aliphatic carbocycles. The molecule has 0 saturated heterocycles. The molecular formula is C20H16BrN3OS. The first-order valence-electron chi connectivity index (χ1n) is 8.20. The first-order chi connectivity index (χ1) is 12.5. The number of hydrogen-bond acceptors (Lipinski definition) is 4. The number of carbonyl (C=O) groups is 1. The number of thioether (sulfide) groups is 1. The minimum Gasteiger partial charge on any atom is -0.293 e. The second kappa shape index (κ2) is 6.85. The first kappa shape index (κ1) is 17.2. The van der Waals surface area contributed by atoms with Crippen LogP contribution in [0.1, 0.15) is 21.5 Å². The van der Waals surface area contributed by atoms with E-state index in [-0.39, 0.29) is 5.78 Å². The SMILES string of the molecule is Cc1cc2nnc(SCC(=O)c3ccc(Br)cc3)n2c2c(C)cccc12. The van der Waals surface area contributed by atoms with Gasteiger partial charge in [0.2, 0.25) is 0 Å². The minimum absolute atomic E-state index is 0.0763. The Morgan fingerprint density at radius 3 is 2.62 bits per heavy atom. The van der Waals surface area contributed by atoms with E-state index in [1.807, 2.05) is 30.3 Å². The third kappa shape index (κ3) is 3.04. The summed E-state index contributed by atoms with van der Waals surface area (Å²) in [5.41, 5.74) is 4.95. The average molecular weight is 426 g/mol. The number of hydrogen-bond donors (Lipinski definition) is 0. The van der Waals surface area contributed by atoms with Crippen molar-refractivity contribution in [3.8, 4) is 0 Å². The summed E-state index contributed by atoms with van der Waals surface area (Å²) in [5.74, 6) is 0.399. The molecule has 6 heteroatoms. The summed E-state index contributed by atoms with van der Waals surface area (Å²) in [6.45, 7) is 4.17. The lowest BCUT2D eigenvalue weighted by Gasteiger charge is -2.09. The van der Waals surface area contributed by atoms with Gasteiger partial charge in [-0.05, 0) is 43.2 Å². The molecule has 0 amide bonds. The summed E-state index contributed by atoms with van der Waals surface area (Å²) < 4.78 is 3.01. The molecule has 0 radical (unpaired) electrons. The topological polar surface area (TPSA) is 47.3 Å². The molecular weight excluding hydrogens is 410 g/mol. The van der Waals surface area contributed by atoms with Crippen molar-refractivity contribution in [1.82, 2.24) is 14.6 Å². The Bertz CT molecular complexity index is 1140. The number of para-hydroxylation sites is 1. The van der Waals surface area contributed by atoms with Gasteiger partial charge < -0.3 is 0 Å². The van der Waals surface area contributed by atoms with E-state index in [1.165, 1.54) is 22.7 Å². The van der Waals surface area contributed by atoms with Crippen LogP contribution in [0.15, 0.2) is 58.2 Å². The van der Waals surface area contributed by atoms with Gasteiger partial charge in [-0.3, -0.25) is 9.20 Å². The Balaban J connectivity index is 1.71. The maximum atomic E-state index is 12.5. The van der Waals surface area contributed by atoms with E-state index in [2.05, 4.69) is 62.6 Å². The van der Waals surface area contributed by atoms with Crippen LogP contribution < -0.4 is 0 Å². The quantitative estimate of drug-likeness (QED) is 0.331. The van der Waals surface area contributed by atoms with Gasteiger partial charge in [0, 0.05) is 15.4 Å². The van der Waals surface area contributed by atoms with Crippen LogP contribution in [-0.4, -0.2) is 26.1 Å². The fraction of sp³-hybridized carbons (Fsp3) is 0.150. The predicted octanol–water partition coefficient (Wildman–Crippen LogP) is 5.24. The Morgan fingerprint density at radius 2 is 1.85 bits per heavy atom. The number of carbonyl (C=O) groups excluding carboxylic acids is 1. The van der Waals surface area contributed by atoms with Crippen molar-refractivity contribution >= 4 is 50.0 Å². The van der Waals surface area contributed by atoms with Crippen molar-refractivity contribution in [2.75, 3.05) is 5.75 Å². The predicted molar refractivity (Wildman–Crippen MR) is 109 cm³/mol. The summed E-state index contributed by atoms with van der Waals surface area (Å²) in [6.07, 6.45) is 0. The zero-order valence-electron chi connectivity index (χ0n) is 14.4. The lowest BCUT2D eigenvalue weighted by molar-refractivity contribution is 0.102. The number of aryl methyl sites for hydroxylation is 2. The first-order valence-corrected chi connectivity index (χ1v) is 9.98. The highest BCUT2D eigenvalue weighted by Crippen LogP contribution is 2.28. The third-order valence-corrected chi connectivity index (χ3v) is 5.85. The van der Waals surface area contributed by atoms with Crippen molar-refractivity contribution < 1.29 is 4.79 Å². The molecule has 0 aliphatic rings. The summed E-state index contributed by atoms with van der Waals surface area (Å²) in [7, 11) is 0. The van der Waals surface area contributed by atoms with Crippen molar-refractivity contribution in [2.45, 2.75) is 19.0 Å². The smallest absolute Gasteiger partial charge is 0.196 e. The Morgan fingerprint density at radius 1 is 1.08 bits per heavy atom. The lowest BCUT2D eigenvalue weighted by Crippen LogP contribution is -2.03. The van der Waals surface area contributed by atoms with Gasteiger partial charge in [-0.2, -0.15) is 0 Å². The molecule has 0 atom stereocenters. The van der Waals surface area contributed by atoms with Gasteiger partial charge in [0.05, 0.1) is 11.3 Å². The monoisotopic (exact) mass is 425 g/mol. The molecule has 0 bridgehead atoms. The van der Waals surface area contributed by atoms with Gasteiger partial charge >= 0.3 is 0 Å². The number of pyridine rings is 1. The highest BCUT2D eigenvalue weighted by atomic mass is 79.9. The van der Waals surface area contributed by atoms with Crippen LogP contribution in [0.4, 0.5) is 0 Å². The molecule has 2 heterocycles. The number of fused-ring (bicyclic) bond motifs is 3. The van der Waals surface area contributed by atoms with Crippen LogP contribution in [0.25, 0.3) is 16.6 Å². The van der Waals surface area contributed by atoms with Gasteiger partial charge in [-0.1, -0.05) is 58.0 Å². The Kier molecular flexibility index (Phi) is 4.54. The average Bonchev–Trinajstić information content (AvgIpc) is 3.03. The van der Waals surface area contributed by atoms with Gasteiger partial charge in [0.25, 0.3) is 0 Å². The van der Waals surface area contributed by atoms with Crippen molar-refractivity contribution in [3.05, 3.63) is 69.7 Å². The van der Waals surface area contributed by atoms with Gasteiger partial charge in [0.15, 0.2) is 16.6 Å². The standard InChI is InChI=1S/C20H16BrN3OS/c1-12-4-3-5-16-13(2)10-18-22-23-20(24(18)19(12)16)26-11-17(25)14-6-8-15(21)9-7-14/h3-10H,11H2,1-2H3. The van der Waals surface area contributed by atoms with Gasteiger partial charge in [0.1, 0.15) is 0 Å². The van der Waals surface area contributed by atoms with E-state index in [9.17, 15) is 4.79 Å². The minimum atomic E-state index is 0.0763. The molecule has 0 fully saturated rings. The second-order valence-corrected chi connectivity index (χ2v) is 8.05. The maximum Gasteiger partial charge on any atom is 0.196 e. The number of halogens is 1. The summed E-state index contributed by atoms with van der Waals surface area (Å²) in [5, 5.41) is 10.6. The maximum absolute atomic E-state index is 12.5. The normalized spacial score (nSPS) is 11.3. The van der Waals surface area contributed by atoms with Gasteiger partial charge in [-0.25, -0.2) is 0 Å². The zero-order chi connectivity index (χ0) is 18.3. The molecule has 26 heavy (non-hydrogen) atoms. The molecule has 4 aromatic rings. The molecule has 0 unspecified atom stereocenters. The highest BCUT2D eigenvalue weighted by Gasteiger charge is 2.15. The van der Waals surface area contributed by atoms with E-state index < -0.39 is 0 Å². The fourth-order valence-electron chi connectivity index (χ4n) is 3.07. The summed E-state index contributed by atoms with van der Waals surface area (Å²) >= 11 is 4.81. The molecule has 0 aliphatic heterocycles. The van der Waals surface area contributed by atoms with Crippen LogP contribution in [0.3, 0.4) is 0 Å². The second-order valence-electron chi connectivity index (χ2n) is 6.19. The number of benzene rings is 2. The fourth-order valence-corrected chi connectivity index (χ4v) is 4.18. The van der Waals surface area contributed by atoms with Crippen LogP contribution >= 0.6 is 27.7 Å². The van der Waals surface area contributed by atoms with Crippen LogP contribution in [0, 0.1) is 13.8 Å².